The maximum Gasteiger partial charge on any atom is 0.0693 e. The Morgan fingerprint density at radius 2 is 2.33 bits per heavy atom. The molecule has 0 aliphatic carbocycles. The van der Waals surface area contributed by atoms with E-state index in [4.69, 9.17) is 0 Å². The van der Waals surface area contributed by atoms with Crippen LogP contribution in [-0.2, 0) is 0 Å². The van der Waals surface area contributed by atoms with Gasteiger partial charge in [-0.25, -0.2) is 0 Å². The number of nitrogens with zero attached hydrogens (tertiary/aromatic N) is 1. The summed E-state index contributed by atoms with van der Waals surface area (Å²) in [5.41, 5.74) is 0. The minimum absolute atomic E-state index is 0.115. The maximum atomic E-state index is 9.59. The highest BCUT2D eigenvalue weighted by molar-refractivity contribution is 4.80. The van der Waals surface area contributed by atoms with Crippen molar-refractivity contribution in [3.05, 3.63) is 0 Å². The van der Waals surface area contributed by atoms with Crippen LogP contribution in [0, 0.1) is 0 Å². The minimum Gasteiger partial charge on any atom is -0.392 e. The number of likely N-dealkylation sites (N-methyl/N-ethyl adjacent to an activating group) is 1. The largest absolute Gasteiger partial charge is 0.392 e. The van der Waals surface area contributed by atoms with E-state index in [9.17, 15) is 5.11 Å². The van der Waals surface area contributed by atoms with E-state index in [2.05, 4.69) is 17.1 Å². The summed E-state index contributed by atoms with van der Waals surface area (Å²) in [7, 11) is 1.96. The summed E-state index contributed by atoms with van der Waals surface area (Å²) in [6, 6.07) is 0.340. The van der Waals surface area contributed by atoms with Gasteiger partial charge in [-0.1, -0.05) is 0 Å². The molecular formula is C9H20N2O. The van der Waals surface area contributed by atoms with E-state index in [0.717, 1.165) is 32.5 Å². The molecule has 2 N–H and O–H groups in total. The number of hydrogen-bond donors (Lipinski definition) is 2. The van der Waals surface area contributed by atoms with Crippen molar-refractivity contribution in [1.82, 2.24) is 10.2 Å². The van der Waals surface area contributed by atoms with Gasteiger partial charge >= 0.3 is 0 Å². The monoisotopic (exact) mass is 172 g/mol. The number of piperidine rings is 1. The second-order valence-corrected chi connectivity index (χ2v) is 3.59. The van der Waals surface area contributed by atoms with Crippen molar-refractivity contribution in [1.29, 1.82) is 0 Å². The smallest absolute Gasteiger partial charge is 0.0693 e. The topological polar surface area (TPSA) is 35.5 Å². The number of hydrogen-bond acceptors (Lipinski definition) is 3. The lowest BCUT2D eigenvalue weighted by atomic mass is 10.0. The lowest BCUT2D eigenvalue weighted by Crippen LogP contribution is -2.48. The highest BCUT2D eigenvalue weighted by Gasteiger charge is 2.25. The lowest BCUT2D eigenvalue weighted by molar-refractivity contribution is 0.0209. The molecule has 72 valence electrons. The molecule has 0 aromatic heterocycles. The van der Waals surface area contributed by atoms with E-state index in [1.54, 1.807) is 0 Å². The third kappa shape index (κ3) is 2.44. The summed E-state index contributed by atoms with van der Waals surface area (Å²) in [5.74, 6) is 0. The van der Waals surface area contributed by atoms with Gasteiger partial charge in [-0.15, -0.1) is 0 Å². The fraction of sp³-hybridized carbons (Fsp3) is 1.00. The van der Waals surface area contributed by atoms with Crippen molar-refractivity contribution in [2.75, 3.05) is 26.7 Å². The van der Waals surface area contributed by atoms with E-state index in [1.807, 2.05) is 7.05 Å². The molecule has 0 radical (unpaired) electrons. The van der Waals surface area contributed by atoms with E-state index in [0.29, 0.717) is 6.04 Å². The third-order valence-corrected chi connectivity index (χ3v) is 2.73. The van der Waals surface area contributed by atoms with Gasteiger partial charge in [0.2, 0.25) is 0 Å². The van der Waals surface area contributed by atoms with Crippen molar-refractivity contribution in [2.45, 2.75) is 31.9 Å². The van der Waals surface area contributed by atoms with E-state index >= 15 is 0 Å². The highest BCUT2D eigenvalue weighted by atomic mass is 16.3. The van der Waals surface area contributed by atoms with Gasteiger partial charge in [-0.05, 0) is 33.4 Å². The fourth-order valence-electron chi connectivity index (χ4n) is 1.76. The molecule has 12 heavy (non-hydrogen) atoms. The molecule has 2 atom stereocenters. The molecule has 0 aromatic rings. The van der Waals surface area contributed by atoms with Gasteiger partial charge in [0, 0.05) is 19.1 Å². The molecule has 0 spiro atoms. The fourth-order valence-corrected chi connectivity index (χ4v) is 1.76. The average Bonchev–Trinajstić information content (AvgIpc) is 2.08. The second-order valence-electron chi connectivity index (χ2n) is 3.59. The molecule has 3 heteroatoms. The first-order valence-corrected chi connectivity index (χ1v) is 4.82. The SMILES string of the molecule is CNCCN1CCCC(O)C1C. The Morgan fingerprint density at radius 3 is 3.00 bits per heavy atom. The van der Waals surface area contributed by atoms with Crippen LogP contribution in [0.2, 0.25) is 0 Å². The van der Waals surface area contributed by atoms with Crippen molar-refractivity contribution in [2.24, 2.45) is 0 Å². The molecular weight excluding hydrogens is 152 g/mol. The summed E-state index contributed by atoms with van der Waals surface area (Å²) in [5, 5.41) is 12.7. The first-order chi connectivity index (χ1) is 5.75. The molecule has 0 saturated carbocycles. The summed E-state index contributed by atoms with van der Waals surface area (Å²) in [4.78, 5) is 2.35. The predicted molar refractivity (Wildman–Crippen MR) is 50.2 cm³/mol. The quantitative estimate of drug-likeness (QED) is 0.631. The minimum atomic E-state index is -0.115. The molecule has 2 unspecified atom stereocenters. The van der Waals surface area contributed by atoms with Crippen LogP contribution in [0.5, 0.6) is 0 Å². The van der Waals surface area contributed by atoms with Crippen LogP contribution in [0.25, 0.3) is 0 Å². The Morgan fingerprint density at radius 1 is 1.58 bits per heavy atom. The Hall–Kier alpha value is -0.120. The van der Waals surface area contributed by atoms with Gasteiger partial charge in [0.1, 0.15) is 0 Å². The van der Waals surface area contributed by atoms with Crippen molar-refractivity contribution >= 4 is 0 Å². The zero-order valence-corrected chi connectivity index (χ0v) is 8.08. The highest BCUT2D eigenvalue weighted by Crippen LogP contribution is 2.16. The summed E-state index contributed by atoms with van der Waals surface area (Å²) < 4.78 is 0. The molecule has 1 heterocycles. The van der Waals surface area contributed by atoms with Crippen LogP contribution in [0.15, 0.2) is 0 Å². The Bertz CT molecular complexity index is 130. The molecule has 1 saturated heterocycles. The molecule has 1 aliphatic rings. The number of aliphatic hydroxyl groups excluding tert-OH is 1. The molecule has 3 nitrogen and oxygen atoms in total. The van der Waals surface area contributed by atoms with Gasteiger partial charge in [0.05, 0.1) is 6.10 Å². The third-order valence-electron chi connectivity index (χ3n) is 2.73. The average molecular weight is 172 g/mol. The normalized spacial score (nSPS) is 32.2. The molecule has 1 fully saturated rings. The number of aliphatic hydroxyl groups is 1. The Labute approximate surface area is 74.8 Å². The van der Waals surface area contributed by atoms with E-state index < -0.39 is 0 Å². The van der Waals surface area contributed by atoms with Crippen LogP contribution in [0.3, 0.4) is 0 Å². The predicted octanol–water partition coefficient (Wildman–Crippen LogP) is 0.0510. The molecule has 1 rings (SSSR count). The van der Waals surface area contributed by atoms with Crippen LogP contribution < -0.4 is 5.32 Å². The summed E-state index contributed by atoms with van der Waals surface area (Å²) >= 11 is 0. The lowest BCUT2D eigenvalue weighted by Gasteiger charge is -2.36. The number of nitrogens with one attached hydrogen (secondary N) is 1. The van der Waals surface area contributed by atoms with Gasteiger partial charge in [-0.3, -0.25) is 4.90 Å². The molecule has 0 aromatic carbocycles. The van der Waals surface area contributed by atoms with Gasteiger partial charge < -0.3 is 10.4 Å². The summed E-state index contributed by atoms with van der Waals surface area (Å²) in [6.07, 6.45) is 1.99. The zero-order chi connectivity index (χ0) is 8.97. The van der Waals surface area contributed by atoms with Gasteiger partial charge in [-0.2, -0.15) is 0 Å². The van der Waals surface area contributed by atoms with Crippen LogP contribution in [0.4, 0.5) is 0 Å². The zero-order valence-electron chi connectivity index (χ0n) is 8.08. The van der Waals surface area contributed by atoms with Gasteiger partial charge in [0.25, 0.3) is 0 Å². The van der Waals surface area contributed by atoms with Crippen LogP contribution >= 0.6 is 0 Å². The first-order valence-electron chi connectivity index (χ1n) is 4.82. The van der Waals surface area contributed by atoms with Crippen molar-refractivity contribution < 1.29 is 5.11 Å². The number of rotatable bonds is 3. The van der Waals surface area contributed by atoms with E-state index in [1.165, 1.54) is 0 Å². The molecule has 0 amide bonds. The second kappa shape index (κ2) is 4.80. The van der Waals surface area contributed by atoms with Crippen molar-refractivity contribution in [3.8, 4) is 0 Å². The number of likely N-dealkylation sites (tertiary alicyclic amines) is 1. The van der Waals surface area contributed by atoms with Crippen LogP contribution in [-0.4, -0.2) is 48.8 Å². The van der Waals surface area contributed by atoms with Gasteiger partial charge in [0.15, 0.2) is 0 Å². The Kier molecular flexibility index (Phi) is 3.98. The standard InChI is InChI=1S/C9H20N2O/c1-8-9(12)4-3-6-11(8)7-5-10-2/h8-10,12H,3-7H2,1-2H3. The van der Waals surface area contributed by atoms with E-state index in [-0.39, 0.29) is 6.10 Å². The molecule has 0 bridgehead atoms. The Balaban J connectivity index is 2.30. The molecule has 1 aliphatic heterocycles. The van der Waals surface area contributed by atoms with Crippen molar-refractivity contribution in [3.63, 3.8) is 0 Å². The maximum absolute atomic E-state index is 9.59. The first kappa shape index (κ1) is 9.96. The van der Waals surface area contributed by atoms with Crippen LogP contribution in [0.1, 0.15) is 19.8 Å². The summed E-state index contributed by atoms with van der Waals surface area (Å²) in [6.45, 7) is 5.31.